The van der Waals surface area contributed by atoms with Crippen LogP contribution in [0.25, 0.3) is 0 Å². The zero-order valence-corrected chi connectivity index (χ0v) is 10.1. The third-order valence-electron chi connectivity index (χ3n) is 2.29. The summed E-state index contributed by atoms with van der Waals surface area (Å²) in [6, 6.07) is 12.4. The summed E-state index contributed by atoms with van der Waals surface area (Å²) in [5.41, 5.74) is 1.40. The highest BCUT2D eigenvalue weighted by Gasteiger charge is 2.09. The van der Waals surface area contributed by atoms with Gasteiger partial charge in [-0.05, 0) is 24.3 Å². The van der Waals surface area contributed by atoms with Crippen LogP contribution in [-0.2, 0) is 6.54 Å². The van der Waals surface area contributed by atoms with E-state index < -0.39 is 4.92 Å². The van der Waals surface area contributed by atoms with E-state index >= 15 is 0 Å². The van der Waals surface area contributed by atoms with Crippen molar-refractivity contribution in [3.8, 4) is 6.07 Å². The molecule has 90 valence electrons. The number of benzene rings is 1. The molecule has 0 saturated carbocycles. The van der Waals surface area contributed by atoms with Gasteiger partial charge in [-0.1, -0.05) is 17.4 Å². The minimum Gasteiger partial charge on any atom is -0.380 e. The predicted octanol–water partition coefficient (Wildman–Crippen LogP) is 3.14. The Hall–Kier alpha value is -2.39. The van der Waals surface area contributed by atoms with E-state index in [9.17, 15) is 10.1 Å². The van der Waals surface area contributed by atoms with Crippen LogP contribution in [0.5, 0.6) is 0 Å². The van der Waals surface area contributed by atoms with Crippen molar-refractivity contribution in [2.24, 2.45) is 0 Å². The molecule has 2 rings (SSSR count). The largest absolute Gasteiger partial charge is 0.380 e. The highest BCUT2D eigenvalue weighted by atomic mass is 32.1. The number of anilines is 1. The van der Waals surface area contributed by atoms with Crippen LogP contribution in [0, 0.1) is 21.4 Å². The van der Waals surface area contributed by atoms with Crippen molar-refractivity contribution in [3.63, 3.8) is 0 Å². The number of thiophene rings is 1. The van der Waals surface area contributed by atoms with Crippen molar-refractivity contribution in [1.29, 1.82) is 5.26 Å². The number of nitrogens with zero attached hydrogens (tertiary/aromatic N) is 2. The Bertz CT molecular complexity index is 616. The zero-order valence-electron chi connectivity index (χ0n) is 9.29. The van der Waals surface area contributed by atoms with E-state index in [1.165, 1.54) is 6.07 Å². The molecule has 5 nitrogen and oxygen atoms in total. The number of nitro groups is 1. The molecule has 0 aliphatic carbocycles. The first-order valence-electron chi connectivity index (χ1n) is 5.16. The van der Waals surface area contributed by atoms with Gasteiger partial charge >= 0.3 is 5.00 Å². The molecule has 1 aromatic heterocycles. The van der Waals surface area contributed by atoms with Gasteiger partial charge in [-0.3, -0.25) is 10.1 Å². The summed E-state index contributed by atoms with van der Waals surface area (Å²) in [4.78, 5) is 11.0. The van der Waals surface area contributed by atoms with Crippen molar-refractivity contribution in [1.82, 2.24) is 0 Å². The summed E-state index contributed by atoms with van der Waals surface area (Å²) in [6.07, 6.45) is 0. The Morgan fingerprint density at radius 2 is 2.22 bits per heavy atom. The number of hydrogen-bond acceptors (Lipinski definition) is 5. The van der Waals surface area contributed by atoms with Gasteiger partial charge < -0.3 is 5.32 Å². The first kappa shape index (κ1) is 12.1. The van der Waals surface area contributed by atoms with Gasteiger partial charge in [0.05, 0.1) is 16.6 Å². The average molecular weight is 259 g/mol. The zero-order chi connectivity index (χ0) is 13.0. The Kier molecular flexibility index (Phi) is 3.55. The topological polar surface area (TPSA) is 79.0 Å². The van der Waals surface area contributed by atoms with Crippen molar-refractivity contribution in [2.45, 2.75) is 6.54 Å². The summed E-state index contributed by atoms with van der Waals surface area (Å²) in [5, 5.41) is 22.6. The molecule has 2 aromatic rings. The third-order valence-corrected chi connectivity index (χ3v) is 3.32. The maximum absolute atomic E-state index is 10.5. The monoisotopic (exact) mass is 259 g/mol. The molecule has 0 radical (unpaired) electrons. The van der Waals surface area contributed by atoms with E-state index in [1.807, 2.05) is 6.07 Å². The van der Waals surface area contributed by atoms with Crippen LogP contribution in [0.3, 0.4) is 0 Å². The molecule has 0 bridgehead atoms. The molecule has 0 fully saturated rings. The molecular formula is C12H9N3O2S. The van der Waals surface area contributed by atoms with Crippen LogP contribution in [0.2, 0.25) is 0 Å². The normalized spacial score (nSPS) is 9.72. The molecule has 0 atom stereocenters. The number of nitriles is 1. The predicted molar refractivity (Wildman–Crippen MR) is 69.5 cm³/mol. The SMILES string of the molecule is N#Cc1cccc(NCc2ccc([N+](=O)[O-])s2)c1. The summed E-state index contributed by atoms with van der Waals surface area (Å²) in [5.74, 6) is 0. The van der Waals surface area contributed by atoms with Crippen molar-refractivity contribution in [2.75, 3.05) is 5.32 Å². The van der Waals surface area contributed by atoms with Crippen molar-refractivity contribution >= 4 is 22.0 Å². The third kappa shape index (κ3) is 2.84. The Labute approximate surface area is 107 Å². The lowest BCUT2D eigenvalue weighted by atomic mass is 10.2. The van der Waals surface area contributed by atoms with Crippen LogP contribution in [-0.4, -0.2) is 4.92 Å². The van der Waals surface area contributed by atoms with Crippen LogP contribution in [0.4, 0.5) is 10.7 Å². The summed E-state index contributed by atoms with van der Waals surface area (Å²) in [7, 11) is 0. The molecule has 0 aliphatic heterocycles. The summed E-state index contributed by atoms with van der Waals surface area (Å²) in [6.45, 7) is 0.507. The number of rotatable bonds is 4. The van der Waals surface area contributed by atoms with Gasteiger partial charge in [0.25, 0.3) is 0 Å². The second-order valence-corrected chi connectivity index (χ2v) is 4.69. The van der Waals surface area contributed by atoms with Gasteiger partial charge in [-0.15, -0.1) is 0 Å². The molecule has 6 heteroatoms. The fourth-order valence-corrected chi connectivity index (χ4v) is 2.21. The Morgan fingerprint density at radius 3 is 2.89 bits per heavy atom. The lowest BCUT2D eigenvalue weighted by molar-refractivity contribution is -0.380. The van der Waals surface area contributed by atoms with E-state index in [2.05, 4.69) is 11.4 Å². The van der Waals surface area contributed by atoms with E-state index in [0.717, 1.165) is 21.9 Å². The van der Waals surface area contributed by atoms with Crippen molar-refractivity contribution in [3.05, 3.63) is 57.0 Å². The van der Waals surface area contributed by atoms with E-state index in [-0.39, 0.29) is 5.00 Å². The van der Waals surface area contributed by atoms with E-state index in [4.69, 9.17) is 5.26 Å². The Morgan fingerprint density at radius 1 is 1.39 bits per heavy atom. The lowest BCUT2D eigenvalue weighted by Crippen LogP contribution is -1.97. The number of nitrogens with one attached hydrogen (secondary N) is 1. The standard InChI is InChI=1S/C12H9N3O2S/c13-7-9-2-1-3-10(6-9)14-8-11-4-5-12(18-11)15(16)17/h1-6,14H,8H2. The first-order chi connectivity index (χ1) is 8.69. The highest BCUT2D eigenvalue weighted by Crippen LogP contribution is 2.24. The van der Waals surface area contributed by atoms with Gasteiger partial charge in [0.1, 0.15) is 0 Å². The molecule has 18 heavy (non-hydrogen) atoms. The molecule has 0 unspecified atom stereocenters. The minimum atomic E-state index is -0.398. The quantitative estimate of drug-likeness (QED) is 0.675. The van der Waals surface area contributed by atoms with Gasteiger partial charge in [0.15, 0.2) is 0 Å². The molecule has 1 N–H and O–H groups in total. The lowest BCUT2D eigenvalue weighted by Gasteiger charge is -2.04. The van der Waals surface area contributed by atoms with Crippen LogP contribution in [0.15, 0.2) is 36.4 Å². The first-order valence-corrected chi connectivity index (χ1v) is 5.98. The molecule has 0 aliphatic rings. The van der Waals surface area contributed by atoms with Gasteiger partial charge in [-0.2, -0.15) is 5.26 Å². The Balaban J connectivity index is 2.02. The second kappa shape index (κ2) is 5.29. The molecule has 1 aromatic carbocycles. The molecular weight excluding hydrogens is 250 g/mol. The summed E-state index contributed by atoms with van der Waals surface area (Å²) >= 11 is 1.14. The van der Waals surface area contributed by atoms with Gasteiger partial charge in [0.2, 0.25) is 0 Å². The molecule has 1 heterocycles. The second-order valence-electron chi connectivity index (χ2n) is 3.54. The van der Waals surface area contributed by atoms with E-state index in [0.29, 0.717) is 12.1 Å². The smallest absolute Gasteiger partial charge is 0.324 e. The summed E-state index contributed by atoms with van der Waals surface area (Å²) < 4.78 is 0. The number of hydrogen-bond donors (Lipinski definition) is 1. The minimum absolute atomic E-state index is 0.137. The van der Waals surface area contributed by atoms with Crippen LogP contribution >= 0.6 is 11.3 Å². The fraction of sp³-hybridized carbons (Fsp3) is 0.0833. The van der Waals surface area contributed by atoms with Crippen LogP contribution < -0.4 is 5.32 Å². The van der Waals surface area contributed by atoms with Gasteiger partial charge in [0, 0.05) is 23.2 Å². The molecule has 0 saturated heterocycles. The molecule has 0 spiro atoms. The average Bonchev–Trinajstić information content (AvgIpc) is 2.85. The van der Waals surface area contributed by atoms with E-state index in [1.54, 1.807) is 24.3 Å². The highest BCUT2D eigenvalue weighted by molar-refractivity contribution is 7.15. The maximum atomic E-state index is 10.5. The fourth-order valence-electron chi connectivity index (χ4n) is 1.45. The maximum Gasteiger partial charge on any atom is 0.324 e. The van der Waals surface area contributed by atoms with Crippen molar-refractivity contribution < 1.29 is 4.92 Å². The molecule has 0 amide bonds. The van der Waals surface area contributed by atoms with Gasteiger partial charge in [-0.25, -0.2) is 0 Å². The van der Waals surface area contributed by atoms with Crippen LogP contribution in [0.1, 0.15) is 10.4 Å².